The van der Waals surface area contributed by atoms with Crippen LogP contribution < -0.4 is 4.74 Å². The summed E-state index contributed by atoms with van der Waals surface area (Å²) in [4.78, 5) is 13.0. The summed E-state index contributed by atoms with van der Waals surface area (Å²) in [5.74, 6) is -0.222. The number of thioether (sulfide) groups is 1. The van der Waals surface area contributed by atoms with Gasteiger partial charge in [-0.15, -0.1) is 11.8 Å². The van der Waals surface area contributed by atoms with Gasteiger partial charge in [-0.25, -0.2) is 4.39 Å². The summed E-state index contributed by atoms with van der Waals surface area (Å²) in [5.41, 5.74) is 0.584. The van der Waals surface area contributed by atoms with E-state index in [1.54, 1.807) is 36.0 Å². The van der Waals surface area contributed by atoms with Crippen LogP contribution in [0, 0.1) is 5.82 Å². The van der Waals surface area contributed by atoms with E-state index in [1.807, 2.05) is 18.4 Å². The van der Waals surface area contributed by atoms with Crippen LogP contribution in [-0.2, 0) is 0 Å². The SMILES string of the molecule is CSc1ccc(C(=O)COc2ccc(Br)c(F)c2)cc1. The summed E-state index contributed by atoms with van der Waals surface area (Å²) in [5, 5.41) is 0. The first-order valence-electron chi connectivity index (χ1n) is 5.85. The minimum Gasteiger partial charge on any atom is -0.485 e. The van der Waals surface area contributed by atoms with E-state index in [2.05, 4.69) is 15.9 Å². The molecule has 0 aromatic heterocycles. The molecular formula is C15H12BrFO2S. The van der Waals surface area contributed by atoms with Crippen molar-refractivity contribution in [3.05, 3.63) is 58.3 Å². The van der Waals surface area contributed by atoms with Gasteiger partial charge in [0.15, 0.2) is 12.4 Å². The van der Waals surface area contributed by atoms with Crippen LogP contribution >= 0.6 is 27.7 Å². The minimum atomic E-state index is -0.417. The molecule has 0 fully saturated rings. The van der Waals surface area contributed by atoms with E-state index in [1.165, 1.54) is 6.07 Å². The molecule has 0 saturated heterocycles. The number of carbonyl (C=O) groups excluding carboxylic acids is 1. The molecule has 0 aliphatic carbocycles. The molecule has 0 unspecified atom stereocenters. The van der Waals surface area contributed by atoms with Gasteiger partial charge in [-0.05, 0) is 46.5 Å². The second-order valence-corrected chi connectivity index (χ2v) is 5.75. The molecule has 2 rings (SSSR count). The smallest absolute Gasteiger partial charge is 0.200 e. The lowest BCUT2D eigenvalue weighted by Crippen LogP contribution is -2.11. The average Bonchev–Trinajstić information content (AvgIpc) is 2.48. The van der Waals surface area contributed by atoms with Crippen LogP contribution in [0.4, 0.5) is 4.39 Å². The molecular weight excluding hydrogens is 343 g/mol. The molecule has 0 aliphatic heterocycles. The highest BCUT2D eigenvalue weighted by molar-refractivity contribution is 9.10. The summed E-state index contributed by atoms with van der Waals surface area (Å²) < 4.78 is 19.0. The van der Waals surface area contributed by atoms with E-state index in [4.69, 9.17) is 4.74 Å². The van der Waals surface area contributed by atoms with Crippen molar-refractivity contribution < 1.29 is 13.9 Å². The van der Waals surface area contributed by atoms with Gasteiger partial charge in [0.25, 0.3) is 0 Å². The van der Waals surface area contributed by atoms with Crippen LogP contribution in [0.15, 0.2) is 51.8 Å². The van der Waals surface area contributed by atoms with E-state index in [-0.39, 0.29) is 12.4 Å². The Balaban J connectivity index is 1.98. The maximum atomic E-state index is 13.3. The zero-order chi connectivity index (χ0) is 14.5. The minimum absolute atomic E-state index is 0.111. The van der Waals surface area contributed by atoms with Crippen LogP contribution in [0.5, 0.6) is 5.75 Å². The van der Waals surface area contributed by atoms with Crippen molar-refractivity contribution >= 4 is 33.5 Å². The van der Waals surface area contributed by atoms with Gasteiger partial charge in [-0.2, -0.15) is 0 Å². The summed E-state index contributed by atoms with van der Waals surface area (Å²) >= 11 is 4.67. The van der Waals surface area contributed by atoms with E-state index >= 15 is 0 Å². The van der Waals surface area contributed by atoms with Gasteiger partial charge < -0.3 is 4.74 Å². The lowest BCUT2D eigenvalue weighted by Gasteiger charge is -2.06. The van der Waals surface area contributed by atoms with E-state index in [0.29, 0.717) is 15.8 Å². The van der Waals surface area contributed by atoms with E-state index in [9.17, 15) is 9.18 Å². The Labute approximate surface area is 129 Å². The van der Waals surface area contributed by atoms with Gasteiger partial charge in [-0.1, -0.05) is 12.1 Å². The number of benzene rings is 2. The Morgan fingerprint density at radius 2 is 1.95 bits per heavy atom. The van der Waals surface area contributed by atoms with E-state index < -0.39 is 5.82 Å². The van der Waals surface area contributed by atoms with Gasteiger partial charge >= 0.3 is 0 Å². The fourth-order valence-electron chi connectivity index (χ4n) is 1.58. The second kappa shape index (κ2) is 6.90. The van der Waals surface area contributed by atoms with Crippen LogP contribution in [-0.4, -0.2) is 18.6 Å². The van der Waals surface area contributed by atoms with Gasteiger partial charge in [-0.3, -0.25) is 4.79 Å². The number of hydrogen-bond acceptors (Lipinski definition) is 3. The van der Waals surface area contributed by atoms with Crippen molar-refractivity contribution in [2.45, 2.75) is 4.90 Å². The molecule has 0 bridgehead atoms. The number of Topliss-reactive ketones (excluding diaryl/α,β-unsaturated/α-hetero) is 1. The Bertz CT molecular complexity index is 614. The van der Waals surface area contributed by atoms with Crippen LogP contribution in [0.1, 0.15) is 10.4 Å². The van der Waals surface area contributed by atoms with Gasteiger partial charge in [0.2, 0.25) is 0 Å². The summed E-state index contributed by atoms with van der Waals surface area (Å²) in [6.45, 7) is -0.111. The maximum absolute atomic E-state index is 13.3. The fourth-order valence-corrected chi connectivity index (χ4v) is 2.23. The normalized spacial score (nSPS) is 10.3. The Morgan fingerprint density at radius 1 is 1.25 bits per heavy atom. The largest absolute Gasteiger partial charge is 0.485 e. The number of halogens is 2. The van der Waals surface area contributed by atoms with Crippen LogP contribution in [0.2, 0.25) is 0 Å². The van der Waals surface area contributed by atoms with Crippen LogP contribution in [0.25, 0.3) is 0 Å². The Morgan fingerprint density at radius 3 is 2.55 bits per heavy atom. The molecule has 2 nitrogen and oxygen atoms in total. The molecule has 0 heterocycles. The monoisotopic (exact) mass is 354 g/mol. The Hall–Kier alpha value is -1.33. The molecule has 5 heteroatoms. The quantitative estimate of drug-likeness (QED) is 0.581. The molecule has 0 saturated carbocycles. The summed E-state index contributed by atoms with van der Waals surface area (Å²) in [6, 6.07) is 11.7. The highest BCUT2D eigenvalue weighted by atomic mass is 79.9. The summed E-state index contributed by atoms with van der Waals surface area (Å²) in [6.07, 6.45) is 1.97. The van der Waals surface area contributed by atoms with Crippen molar-refractivity contribution in [2.75, 3.05) is 12.9 Å². The van der Waals surface area contributed by atoms with Crippen molar-refractivity contribution in [3.63, 3.8) is 0 Å². The van der Waals surface area contributed by atoms with E-state index in [0.717, 1.165) is 4.90 Å². The fraction of sp³-hybridized carbons (Fsp3) is 0.133. The first kappa shape index (κ1) is 15.1. The molecule has 0 atom stereocenters. The standard InChI is InChI=1S/C15H12BrFO2S/c1-20-12-5-2-10(3-6-12)15(18)9-19-11-4-7-13(16)14(17)8-11/h2-8H,9H2,1H3. The molecule has 2 aromatic rings. The van der Waals surface area contributed by atoms with Crippen molar-refractivity contribution in [2.24, 2.45) is 0 Å². The predicted octanol–water partition coefficient (Wildman–Crippen LogP) is 4.57. The molecule has 0 amide bonds. The molecule has 20 heavy (non-hydrogen) atoms. The average molecular weight is 355 g/mol. The van der Waals surface area contributed by atoms with Gasteiger partial charge in [0.05, 0.1) is 4.47 Å². The number of ketones is 1. The Kier molecular flexibility index (Phi) is 5.20. The molecule has 0 radical (unpaired) electrons. The number of rotatable bonds is 5. The second-order valence-electron chi connectivity index (χ2n) is 4.02. The number of carbonyl (C=O) groups is 1. The molecule has 104 valence electrons. The van der Waals surface area contributed by atoms with Crippen LogP contribution in [0.3, 0.4) is 0 Å². The lowest BCUT2D eigenvalue weighted by molar-refractivity contribution is 0.0921. The number of hydrogen-bond donors (Lipinski definition) is 0. The third kappa shape index (κ3) is 3.84. The zero-order valence-electron chi connectivity index (χ0n) is 10.7. The molecule has 0 aliphatic rings. The summed E-state index contributed by atoms with van der Waals surface area (Å²) in [7, 11) is 0. The highest BCUT2D eigenvalue weighted by Gasteiger charge is 2.08. The van der Waals surface area contributed by atoms with Crippen molar-refractivity contribution in [1.82, 2.24) is 0 Å². The lowest BCUT2D eigenvalue weighted by atomic mass is 10.1. The molecule has 2 aromatic carbocycles. The first-order chi connectivity index (χ1) is 9.60. The number of ether oxygens (including phenoxy) is 1. The first-order valence-corrected chi connectivity index (χ1v) is 7.87. The van der Waals surface area contributed by atoms with Crippen molar-refractivity contribution in [3.8, 4) is 5.75 Å². The van der Waals surface area contributed by atoms with Crippen molar-refractivity contribution in [1.29, 1.82) is 0 Å². The third-order valence-electron chi connectivity index (χ3n) is 2.67. The zero-order valence-corrected chi connectivity index (χ0v) is 13.1. The predicted molar refractivity (Wildman–Crippen MR) is 82.1 cm³/mol. The maximum Gasteiger partial charge on any atom is 0.200 e. The molecule has 0 N–H and O–H groups in total. The van der Waals surface area contributed by atoms with Gasteiger partial charge in [0.1, 0.15) is 11.6 Å². The van der Waals surface area contributed by atoms with Gasteiger partial charge in [0, 0.05) is 16.5 Å². The third-order valence-corrected chi connectivity index (χ3v) is 4.06. The topological polar surface area (TPSA) is 26.3 Å². The molecule has 0 spiro atoms. The highest BCUT2D eigenvalue weighted by Crippen LogP contribution is 2.21.